The predicted molar refractivity (Wildman–Crippen MR) is 98.8 cm³/mol. The van der Waals surface area contributed by atoms with E-state index in [1.54, 1.807) is 12.1 Å². The molecule has 0 radical (unpaired) electrons. The third-order valence-corrected chi connectivity index (χ3v) is 3.75. The zero-order chi connectivity index (χ0) is 20.4. The number of hydrogen-bond acceptors (Lipinski definition) is 8. The average molecular weight is 384 g/mol. The first-order chi connectivity index (χ1) is 13.3. The fourth-order valence-corrected chi connectivity index (χ4v) is 2.68. The Labute approximate surface area is 158 Å². The molecule has 0 unspecified atom stereocenters. The predicted octanol–water partition coefficient (Wildman–Crippen LogP) is 3.02. The smallest absolute Gasteiger partial charge is 0.308 e. The van der Waals surface area contributed by atoms with E-state index in [1.807, 2.05) is 0 Å². The molecule has 0 aliphatic heterocycles. The van der Waals surface area contributed by atoms with Crippen LogP contribution in [-0.2, 0) is 9.59 Å². The summed E-state index contributed by atoms with van der Waals surface area (Å²) in [7, 11) is 1.43. The maximum absolute atomic E-state index is 12.5. The van der Waals surface area contributed by atoms with Gasteiger partial charge in [0.1, 0.15) is 28.2 Å². The van der Waals surface area contributed by atoms with Crippen molar-refractivity contribution in [1.29, 1.82) is 0 Å². The highest BCUT2D eigenvalue weighted by Gasteiger charge is 2.16. The van der Waals surface area contributed by atoms with Gasteiger partial charge in [-0.15, -0.1) is 0 Å². The molecule has 2 aromatic carbocycles. The van der Waals surface area contributed by atoms with Crippen molar-refractivity contribution in [1.82, 2.24) is 0 Å². The summed E-state index contributed by atoms with van der Waals surface area (Å²) in [5.41, 5.74) is -0.0231. The van der Waals surface area contributed by atoms with Crippen molar-refractivity contribution in [2.75, 3.05) is 7.11 Å². The first-order valence-corrected chi connectivity index (χ1v) is 8.14. The lowest BCUT2D eigenvalue weighted by Gasteiger charge is -2.11. The molecular weight excluding hydrogens is 368 g/mol. The molecule has 28 heavy (non-hydrogen) atoms. The van der Waals surface area contributed by atoms with Crippen LogP contribution in [0.15, 0.2) is 45.6 Å². The Morgan fingerprint density at radius 3 is 2.32 bits per heavy atom. The van der Waals surface area contributed by atoms with E-state index in [0.717, 1.165) is 6.07 Å². The molecule has 8 heteroatoms. The number of phenols is 1. The van der Waals surface area contributed by atoms with Gasteiger partial charge in [-0.1, -0.05) is 0 Å². The zero-order valence-electron chi connectivity index (χ0n) is 15.3. The molecule has 3 rings (SSSR count). The molecule has 0 spiro atoms. The number of rotatable bonds is 4. The van der Waals surface area contributed by atoms with Gasteiger partial charge in [0, 0.05) is 37.6 Å². The Bertz CT molecular complexity index is 1140. The molecule has 0 fully saturated rings. The number of methoxy groups -OCH3 is 1. The molecule has 8 nitrogen and oxygen atoms in total. The second-order valence-corrected chi connectivity index (χ2v) is 5.84. The summed E-state index contributed by atoms with van der Waals surface area (Å²) >= 11 is 0. The highest BCUT2D eigenvalue weighted by molar-refractivity contribution is 5.87. The Balaban J connectivity index is 2.17. The molecular formula is C20H16O8. The van der Waals surface area contributed by atoms with E-state index in [9.17, 15) is 19.5 Å². The number of carbonyl (C=O) groups is 2. The first-order valence-electron chi connectivity index (χ1n) is 8.14. The zero-order valence-corrected chi connectivity index (χ0v) is 15.3. The standard InChI is InChI=1S/C20H16O8/c1-10(21)26-13-7-14(23)20-15(24)9-17(28-19(20)8-13)12-4-5-16(25-3)18(6-12)27-11(2)22/h4-9,23H,1-3H3. The molecule has 0 aliphatic carbocycles. The van der Waals surface area contributed by atoms with Crippen molar-refractivity contribution in [3.63, 3.8) is 0 Å². The van der Waals surface area contributed by atoms with Crippen molar-refractivity contribution >= 4 is 22.9 Å². The number of benzene rings is 2. The van der Waals surface area contributed by atoms with Gasteiger partial charge < -0.3 is 23.7 Å². The third-order valence-electron chi connectivity index (χ3n) is 3.75. The molecule has 0 aliphatic rings. The Kier molecular flexibility index (Phi) is 5.04. The van der Waals surface area contributed by atoms with E-state index in [0.29, 0.717) is 11.3 Å². The minimum absolute atomic E-state index is 0.0311. The number of hydrogen-bond donors (Lipinski definition) is 1. The van der Waals surface area contributed by atoms with Gasteiger partial charge in [-0.3, -0.25) is 14.4 Å². The summed E-state index contributed by atoms with van der Waals surface area (Å²) in [4.78, 5) is 34.9. The van der Waals surface area contributed by atoms with Gasteiger partial charge in [0.15, 0.2) is 16.9 Å². The van der Waals surface area contributed by atoms with E-state index in [2.05, 4.69) is 0 Å². The van der Waals surface area contributed by atoms with Crippen molar-refractivity contribution in [3.8, 4) is 34.3 Å². The van der Waals surface area contributed by atoms with Gasteiger partial charge in [0.25, 0.3) is 0 Å². The Hall–Kier alpha value is -3.81. The number of phenolic OH excluding ortho intramolecular Hbond substituents is 1. The monoisotopic (exact) mass is 384 g/mol. The molecule has 0 amide bonds. The molecule has 3 aromatic rings. The highest BCUT2D eigenvalue weighted by Crippen LogP contribution is 2.35. The van der Waals surface area contributed by atoms with Gasteiger partial charge in [0.05, 0.1) is 7.11 Å². The van der Waals surface area contributed by atoms with Crippen molar-refractivity contribution in [3.05, 3.63) is 46.6 Å². The van der Waals surface area contributed by atoms with Crippen LogP contribution in [0.5, 0.6) is 23.0 Å². The van der Waals surface area contributed by atoms with Crippen LogP contribution in [0.1, 0.15) is 13.8 Å². The molecule has 0 saturated carbocycles. The van der Waals surface area contributed by atoms with Crippen molar-refractivity contribution in [2.24, 2.45) is 0 Å². The van der Waals surface area contributed by atoms with Crippen LogP contribution in [0, 0.1) is 0 Å². The quantitative estimate of drug-likeness (QED) is 0.540. The molecule has 144 valence electrons. The van der Waals surface area contributed by atoms with E-state index in [-0.39, 0.29) is 34.0 Å². The van der Waals surface area contributed by atoms with Crippen LogP contribution in [0.3, 0.4) is 0 Å². The summed E-state index contributed by atoms with van der Waals surface area (Å²) in [5, 5.41) is 10.0. The van der Waals surface area contributed by atoms with E-state index < -0.39 is 17.4 Å². The SMILES string of the molecule is COc1ccc(-c2cc(=O)c3c(O)cc(OC(C)=O)cc3o2)cc1OC(C)=O. The fourth-order valence-electron chi connectivity index (χ4n) is 2.68. The normalized spacial score (nSPS) is 10.5. The first kappa shape index (κ1) is 19.0. The molecule has 1 N–H and O–H groups in total. The molecule has 0 bridgehead atoms. The maximum atomic E-state index is 12.5. The van der Waals surface area contributed by atoms with Gasteiger partial charge in [0.2, 0.25) is 0 Å². The van der Waals surface area contributed by atoms with Gasteiger partial charge in [-0.05, 0) is 18.2 Å². The summed E-state index contributed by atoms with van der Waals surface area (Å²) in [6.07, 6.45) is 0. The average Bonchev–Trinajstić information content (AvgIpc) is 2.59. The van der Waals surface area contributed by atoms with Crippen molar-refractivity contribution in [2.45, 2.75) is 13.8 Å². The van der Waals surface area contributed by atoms with Crippen LogP contribution in [0.4, 0.5) is 0 Å². The van der Waals surface area contributed by atoms with Gasteiger partial charge >= 0.3 is 11.9 Å². The number of carbonyl (C=O) groups excluding carboxylic acids is 2. The Morgan fingerprint density at radius 1 is 0.964 bits per heavy atom. The summed E-state index contributed by atoms with van der Waals surface area (Å²) in [6.45, 7) is 2.46. The second-order valence-electron chi connectivity index (χ2n) is 5.84. The van der Waals surface area contributed by atoms with E-state index in [4.69, 9.17) is 18.6 Å². The molecule has 0 saturated heterocycles. The summed E-state index contributed by atoms with van der Waals surface area (Å²) < 4.78 is 20.9. The lowest BCUT2D eigenvalue weighted by molar-refractivity contribution is -0.132. The molecule has 0 atom stereocenters. The molecule has 1 aromatic heterocycles. The minimum atomic E-state index is -0.585. The van der Waals surface area contributed by atoms with Gasteiger partial charge in [-0.2, -0.15) is 0 Å². The van der Waals surface area contributed by atoms with Crippen molar-refractivity contribution < 1.29 is 33.3 Å². The summed E-state index contributed by atoms with van der Waals surface area (Å²) in [5.74, 6) is -0.807. The Morgan fingerprint density at radius 2 is 1.68 bits per heavy atom. The summed E-state index contributed by atoms with van der Waals surface area (Å²) in [6, 6.07) is 8.35. The largest absolute Gasteiger partial charge is 0.507 e. The lowest BCUT2D eigenvalue weighted by Crippen LogP contribution is -2.05. The fraction of sp³-hybridized carbons (Fsp3) is 0.150. The topological polar surface area (TPSA) is 112 Å². The third kappa shape index (κ3) is 3.80. The van der Waals surface area contributed by atoms with Crippen LogP contribution in [-0.4, -0.2) is 24.2 Å². The number of aromatic hydroxyl groups is 1. The van der Waals surface area contributed by atoms with E-state index in [1.165, 1.54) is 39.2 Å². The molecule has 1 heterocycles. The number of esters is 2. The second kappa shape index (κ2) is 7.43. The van der Waals surface area contributed by atoms with Gasteiger partial charge in [-0.25, -0.2) is 0 Å². The van der Waals surface area contributed by atoms with Crippen LogP contribution >= 0.6 is 0 Å². The maximum Gasteiger partial charge on any atom is 0.308 e. The van der Waals surface area contributed by atoms with Crippen LogP contribution < -0.4 is 19.6 Å². The van der Waals surface area contributed by atoms with E-state index >= 15 is 0 Å². The van der Waals surface area contributed by atoms with Crippen LogP contribution in [0.2, 0.25) is 0 Å². The van der Waals surface area contributed by atoms with Crippen LogP contribution in [0.25, 0.3) is 22.3 Å². The minimum Gasteiger partial charge on any atom is -0.507 e. The number of fused-ring (bicyclic) bond motifs is 1. The lowest BCUT2D eigenvalue weighted by atomic mass is 10.1. The number of ether oxygens (including phenoxy) is 3. The highest BCUT2D eigenvalue weighted by atomic mass is 16.6.